The van der Waals surface area contributed by atoms with E-state index in [2.05, 4.69) is 44.6 Å². The van der Waals surface area contributed by atoms with Crippen molar-refractivity contribution >= 4 is 15.9 Å². The number of rotatable bonds is 3. The summed E-state index contributed by atoms with van der Waals surface area (Å²) in [7, 11) is 3.94. The zero-order valence-corrected chi connectivity index (χ0v) is 11.0. The Morgan fingerprint density at radius 1 is 1.31 bits per heavy atom. The molecular formula is C12H14BrN3. The molecule has 0 saturated carbocycles. The molecule has 0 atom stereocenters. The van der Waals surface area contributed by atoms with Gasteiger partial charge in [-0.3, -0.25) is 0 Å². The largest absolute Gasteiger partial charge is 0.336 e. The second-order valence-electron chi connectivity index (χ2n) is 3.69. The summed E-state index contributed by atoms with van der Waals surface area (Å²) in [4.78, 5) is 4.58. The van der Waals surface area contributed by atoms with Gasteiger partial charge in [0.2, 0.25) is 0 Å². The highest BCUT2D eigenvalue weighted by molar-refractivity contribution is 9.10. The zero-order valence-electron chi connectivity index (χ0n) is 9.37. The fourth-order valence-corrected chi connectivity index (χ4v) is 1.85. The third kappa shape index (κ3) is 2.33. The Bertz CT molecular complexity index is 474. The number of aryl methyl sites for hydroxylation is 1. The molecule has 0 fully saturated rings. The molecule has 0 aliphatic carbocycles. The van der Waals surface area contributed by atoms with Crippen LogP contribution in [0.15, 0.2) is 34.9 Å². The van der Waals surface area contributed by atoms with Gasteiger partial charge in [0.05, 0.1) is 12.2 Å². The number of aromatic nitrogens is 2. The molecule has 84 valence electrons. The lowest BCUT2D eigenvalue weighted by atomic mass is 10.2. The predicted molar refractivity (Wildman–Crippen MR) is 69.1 cm³/mol. The van der Waals surface area contributed by atoms with Gasteiger partial charge in [0, 0.05) is 23.3 Å². The van der Waals surface area contributed by atoms with Gasteiger partial charge in [0.1, 0.15) is 5.82 Å². The van der Waals surface area contributed by atoms with Crippen LogP contribution >= 0.6 is 15.9 Å². The van der Waals surface area contributed by atoms with E-state index >= 15 is 0 Å². The molecule has 0 bridgehead atoms. The number of imidazole rings is 1. The Hall–Kier alpha value is -1.13. The topological polar surface area (TPSA) is 29.9 Å². The molecule has 0 unspecified atom stereocenters. The highest BCUT2D eigenvalue weighted by atomic mass is 79.9. The van der Waals surface area contributed by atoms with Crippen molar-refractivity contribution in [2.45, 2.75) is 6.54 Å². The average molecular weight is 280 g/mol. The molecule has 1 aromatic carbocycles. The van der Waals surface area contributed by atoms with Crippen LogP contribution in [0.3, 0.4) is 0 Å². The first-order chi connectivity index (χ1) is 7.70. The van der Waals surface area contributed by atoms with E-state index in [0.29, 0.717) is 0 Å². The van der Waals surface area contributed by atoms with E-state index in [9.17, 15) is 0 Å². The number of halogens is 1. The Balaban J connectivity index is 2.33. The molecule has 1 aromatic heterocycles. The van der Waals surface area contributed by atoms with Crippen molar-refractivity contribution in [1.82, 2.24) is 14.9 Å². The minimum absolute atomic E-state index is 0.785. The van der Waals surface area contributed by atoms with Gasteiger partial charge in [-0.15, -0.1) is 0 Å². The van der Waals surface area contributed by atoms with E-state index < -0.39 is 0 Å². The van der Waals surface area contributed by atoms with Crippen LogP contribution in [-0.4, -0.2) is 16.6 Å². The third-order valence-electron chi connectivity index (χ3n) is 2.45. The number of nitrogens with zero attached hydrogens (tertiary/aromatic N) is 2. The molecule has 4 heteroatoms. The Labute approximate surface area is 104 Å². The maximum absolute atomic E-state index is 4.58. The Morgan fingerprint density at radius 3 is 2.62 bits per heavy atom. The van der Waals surface area contributed by atoms with E-state index in [1.54, 1.807) is 0 Å². The van der Waals surface area contributed by atoms with E-state index in [1.165, 1.54) is 0 Å². The van der Waals surface area contributed by atoms with Crippen molar-refractivity contribution in [1.29, 1.82) is 0 Å². The fraction of sp³-hybridized carbons (Fsp3) is 0.250. The zero-order chi connectivity index (χ0) is 11.5. The van der Waals surface area contributed by atoms with Gasteiger partial charge in [-0.2, -0.15) is 0 Å². The number of hydrogen-bond acceptors (Lipinski definition) is 2. The highest BCUT2D eigenvalue weighted by Crippen LogP contribution is 2.20. The molecule has 0 spiro atoms. The molecule has 0 aliphatic rings. The SMILES string of the molecule is CNCc1nc(-c2ccc(Br)cc2)cn1C. The van der Waals surface area contributed by atoms with Crippen LogP contribution in [0.5, 0.6) is 0 Å². The minimum atomic E-state index is 0.785. The molecular weight excluding hydrogens is 266 g/mol. The van der Waals surface area contributed by atoms with Gasteiger partial charge >= 0.3 is 0 Å². The first-order valence-corrected chi connectivity index (χ1v) is 5.93. The molecule has 0 amide bonds. The lowest BCUT2D eigenvalue weighted by Crippen LogP contribution is -2.09. The third-order valence-corrected chi connectivity index (χ3v) is 2.98. The molecule has 2 rings (SSSR count). The van der Waals surface area contributed by atoms with Crippen LogP contribution < -0.4 is 5.32 Å². The van der Waals surface area contributed by atoms with Crippen molar-refractivity contribution in [3.05, 3.63) is 40.8 Å². The van der Waals surface area contributed by atoms with Crippen LogP contribution in [0.1, 0.15) is 5.82 Å². The van der Waals surface area contributed by atoms with E-state index in [1.807, 2.05) is 30.8 Å². The molecule has 1 heterocycles. The van der Waals surface area contributed by atoms with Gasteiger partial charge in [-0.25, -0.2) is 4.98 Å². The van der Waals surface area contributed by atoms with E-state index in [0.717, 1.165) is 28.1 Å². The summed E-state index contributed by atoms with van der Waals surface area (Å²) in [6.07, 6.45) is 2.05. The fourth-order valence-electron chi connectivity index (χ4n) is 1.59. The first-order valence-electron chi connectivity index (χ1n) is 5.13. The molecule has 0 saturated heterocycles. The van der Waals surface area contributed by atoms with Gasteiger partial charge in [0.25, 0.3) is 0 Å². The average Bonchev–Trinajstić information content (AvgIpc) is 2.62. The highest BCUT2D eigenvalue weighted by Gasteiger charge is 2.05. The lowest BCUT2D eigenvalue weighted by molar-refractivity contribution is 0.709. The van der Waals surface area contributed by atoms with Gasteiger partial charge in [-0.05, 0) is 19.2 Å². The maximum Gasteiger partial charge on any atom is 0.123 e. The van der Waals surface area contributed by atoms with Crippen LogP contribution in [0.25, 0.3) is 11.3 Å². The standard InChI is InChI=1S/C12H14BrN3/c1-14-7-12-15-11(8-16(12)2)9-3-5-10(13)6-4-9/h3-6,8,14H,7H2,1-2H3. The summed E-state index contributed by atoms with van der Waals surface area (Å²) in [5.74, 6) is 1.04. The summed E-state index contributed by atoms with van der Waals surface area (Å²) < 4.78 is 3.14. The van der Waals surface area contributed by atoms with Crippen molar-refractivity contribution in [3.8, 4) is 11.3 Å². The molecule has 2 aromatic rings. The molecule has 0 aliphatic heterocycles. The predicted octanol–water partition coefficient (Wildman–Crippen LogP) is 2.57. The van der Waals surface area contributed by atoms with Gasteiger partial charge < -0.3 is 9.88 Å². The Kier molecular flexibility index (Phi) is 3.41. The molecule has 0 radical (unpaired) electrons. The quantitative estimate of drug-likeness (QED) is 0.936. The first kappa shape index (κ1) is 11.4. The number of hydrogen-bond donors (Lipinski definition) is 1. The minimum Gasteiger partial charge on any atom is -0.336 e. The summed E-state index contributed by atoms with van der Waals surface area (Å²) in [6, 6.07) is 8.19. The monoisotopic (exact) mass is 279 g/mol. The van der Waals surface area contributed by atoms with Gasteiger partial charge in [0.15, 0.2) is 0 Å². The summed E-state index contributed by atoms with van der Waals surface area (Å²) >= 11 is 3.43. The van der Waals surface area contributed by atoms with Crippen LogP contribution in [-0.2, 0) is 13.6 Å². The second kappa shape index (κ2) is 4.80. The second-order valence-corrected chi connectivity index (χ2v) is 4.61. The molecule has 16 heavy (non-hydrogen) atoms. The van der Waals surface area contributed by atoms with Crippen molar-refractivity contribution < 1.29 is 0 Å². The smallest absolute Gasteiger partial charge is 0.123 e. The van der Waals surface area contributed by atoms with Crippen LogP contribution in [0.2, 0.25) is 0 Å². The summed E-state index contributed by atoms with van der Waals surface area (Å²) in [5.41, 5.74) is 2.15. The van der Waals surface area contributed by atoms with Crippen molar-refractivity contribution in [2.75, 3.05) is 7.05 Å². The maximum atomic E-state index is 4.58. The normalized spacial score (nSPS) is 10.7. The van der Waals surface area contributed by atoms with Crippen LogP contribution in [0, 0.1) is 0 Å². The van der Waals surface area contributed by atoms with Crippen molar-refractivity contribution in [2.24, 2.45) is 7.05 Å². The Morgan fingerprint density at radius 2 is 2.00 bits per heavy atom. The lowest BCUT2D eigenvalue weighted by Gasteiger charge is -1.97. The molecule has 1 N–H and O–H groups in total. The number of benzene rings is 1. The van der Waals surface area contributed by atoms with Crippen molar-refractivity contribution in [3.63, 3.8) is 0 Å². The number of nitrogens with one attached hydrogen (secondary N) is 1. The van der Waals surface area contributed by atoms with Crippen LogP contribution in [0.4, 0.5) is 0 Å². The van der Waals surface area contributed by atoms with Gasteiger partial charge in [-0.1, -0.05) is 28.1 Å². The van der Waals surface area contributed by atoms with E-state index in [4.69, 9.17) is 0 Å². The summed E-state index contributed by atoms with van der Waals surface area (Å²) in [6.45, 7) is 0.785. The van der Waals surface area contributed by atoms with E-state index in [-0.39, 0.29) is 0 Å². The summed E-state index contributed by atoms with van der Waals surface area (Å²) in [5, 5.41) is 3.11. The molecule has 3 nitrogen and oxygen atoms in total.